The molecule has 1 atom stereocenters. The predicted octanol–water partition coefficient (Wildman–Crippen LogP) is 2.13. The average Bonchev–Trinajstić information content (AvgIpc) is 2.52. The molecule has 0 saturated carbocycles. The van der Waals surface area contributed by atoms with Gasteiger partial charge >= 0.3 is 0 Å². The molecule has 1 amide bonds. The van der Waals surface area contributed by atoms with E-state index in [9.17, 15) is 4.79 Å². The molecule has 1 heterocycles. The normalized spacial score (nSPS) is 20.7. The molecule has 5 nitrogen and oxygen atoms in total. The summed E-state index contributed by atoms with van der Waals surface area (Å²) in [6, 6.07) is 5.67. The standard InChI is InChI=1S/C16H24N2O3.ClH/c1-16(7-4-8-17-11-16)15(19)18-10-12-5-6-13(20-2)14(9-12)21-3;/h5-6,9,17H,4,7-8,10-11H2,1-3H3,(H,18,19);1H. The molecule has 22 heavy (non-hydrogen) atoms. The SMILES string of the molecule is COc1ccc(CNC(=O)C2(C)CCCNC2)cc1OC.Cl. The molecular formula is C16H25ClN2O3. The highest BCUT2D eigenvalue weighted by molar-refractivity contribution is 5.85. The van der Waals surface area contributed by atoms with Gasteiger partial charge in [-0.05, 0) is 44.0 Å². The Bertz CT molecular complexity index is 502. The van der Waals surface area contributed by atoms with Crippen molar-refractivity contribution in [3.63, 3.8) is 0 Å². The van der Waals surface area contributed by atoms with E-state index in [0.29, 0.717) is 18.0 Å². The average molecular weight is 329 g/mol. The van der Waals surface area contributed by atoms with Crippen molar-refractivity contribution in [2.24, 2.45) is 5.41 Å². The van der Waals surface area contributed by atoms with Crippen LogP contribution in [0.2, 0.25) is 0 Å². The summed E-state index contributed by atoms with van der Waals surface area (Å²) < 4.78 is 10.5. The summed E-state index contributed by atoms with van der Waals surface area (Å²) in [6.45, 7) is 4.25. The number of methoxy groups -OCH3 is 2. The second-order valence-electron chi connectivity index (χ2n) is 5.71. The van der Waals surface area contributed by atoms with Gasteiger partial charge in [-0.15, -0.1) is 12.4 Å². The Hall–Kier alpha value is -1.46. The maximum Gasteiger partial charge on any atom is 0.227 e. The van der Waals surface area contributed by atoms with E-state index >= 15 is 0 Å². The molecule has 124 valence electrons. The third-order valence-electron chi connectivity index (χ3n) is 4.05. The fourth-order valence-electron chi connectivity index (χ4n) is 2.64. The van der Waals surface area contributed by atoms with Crippen molar-refractivity contribution >= 4 is 18.3 Å². The summed E-state index contributed by atoms with van der Waals surface area (Å²) in [5, 5.41) is 6.31. The topological polar surface area (TPSA) is 59.6 Å². The molecule has 2 rings (SSSR count). The smallest absolute Gasteiger partial charge is 0.227 e. The van der Waals surface area contributed by atoms with E-state index in [0.717, 1.165) is 31.5 Å². The van der Waals surface area contributed by atoms with Gasteiger partial charge in [0, 0.05) is 13.1 Å². The number of nitrogens with one attached hydrogen (secondary N) is 2. The van der Waals surface area contributed by atoms with Gasteiger partial charge in [0.25, 0.3) is 0 Å². The van der Waals surface area contributed by atoms with Gasteiger partial charge < -0.3 is 20.1 Å². The van der Waals surface area contributed by atoms with Crippen LogP contribution in [-0.4, -0.2) is 33.2 Å². The molecule has 1 aromatic rings. The lowest BCUT2D eigenvalue weighted by molar-refractivity contribution is -0.131. The molecule has 1 aliphatic heterocycles. The van der Waals surface area contributed by atoms with Gasteiger partial charge in [-0.25, -0.2) is 0 Å². The lowest BCUT2D eigenvalue weighted by atomic mass is 9.82. The van der Waals surface area contributed by atoms with Crippen LogP contribution in [0.1, 0.15) is 25.3 Å². The van der Waals surface area contributed by atoms with Crippen LogP contribution in [0.4, 0.5) is 0 Å². The van der Waals surface area contributed by atoms with Crippen LogP contribution in [0, 0.1) is 5.41 Å². The van der Waals surface area contributed by atoms with Crippen molar-refractivity contribution in [3.8, 4) is 11.5 Å². The number of carbonyl (C=O) groups excluding carboxylic acids is 1. The molecule has 1 fully saturated rings. The monoisotopic (exact) mass is 328 g/mol. The van der Waals surface area contributed by atoms with Crippen molar-refractivity contribution in [2.75, 3.05) is 27.3 Å². The molecule has 1 aliphatic rings. The minimum atomic E-state index is -0.311. The second-order valence-corrected chi connectivity index (χ2v) is 5.71. The molecular weight excluding hydrogens is 304 g/mol. The van der Waals surface area contributed by atoms with Gasteiger partial charge in [0.15, 0.2) is 11.5 Å². The Labute approximate surface area is 138 Å². The lowest BCUT2D eigenvalue weighted by Gasteiger charge is -2.32. The number of hydrogen-bond donors (Lipinski definition) is 2. The quantitative estimate of drug-likeness (QED) is 0.869. The highest BCUT2D eigenvalue weighted by atomic mass is 35.5. The molecule has 6 heteroatoms. The summed E-state index contributed by atoms with van der Waals surface area (Å²) in [4.78, 5) is 12.4. The van der Waals surface area contributed by atoms with Crippen molar-refractivity contribution in [3.05, 3.63) is 23.8 Å². The van der Waals surface area contributed by atoms with Gasteiger partial charge in [0.1, 0.15) is 0 Å². The molecule has 0 aromatic heterocycles. The molecule has 0 aliphatic carbocycles. The number of halogens is 1. The van der Waals surface area contributed by atoms with E-state index in [-0.39, 0.29) is 23.7 Å². The van der Waals surface area contributed by atoms with E-state index in [4.69, 9.17) is 9.47 Å². The zero-order chi connectivity index (χ0) is 15.3. The van der Waals surface area contributed by atoms with Crippen LogP contribution in [0.15, 0.2) is 18.2 Å². The van der Waals surface area contributed by atoms with Crippen molar-refractivity contribution < 1.29 is 14.3 Å². The zero-order valence-electron chi connectivity index (χ0n) is 13.4. The number of carbonyl (C=O) groups is 1. The summed E-state index contributed by atoms with van der Waals surface area (Å²) >= 11 is 0. The third-order valence-corrected chi connectivity index (χ3v) is 4.05. The Morgan fingerprint density at radius 2 is 2.05 bits per heavy atom. The van der Waals surface area contributed by atoms with Crippen LogP contribution < -0.4 is 20.1 Å². The Balaban J connectivity index is 0.00000242. The molecule has 2 N–H and O–H groups in total. The van der Waals surface area contributed by atoms with Gasteiger partial charge in [0.05, 0.1) is 19.6 Å². The zero-order valence-corrected chi connectivity index (χ0v) is 14.2. The molecule has 0 bridgehead atoms. The number of piperidine rings is 1. The number of ether oxygens (including phenoxy) is 2. The summed E-state index contributed by atoms with van der Waals surface area (Å²) in [6.07, 6.45) is 1.97. The molecule has 1 unspecified atom stereocenters. The molecule has 1 aromatic carbocycles. The molecule has 1 saturated heterocycles. The first-order valence-electron chi connectivity index (χ1n) is 7.29. The first kappa shape index (κ1) is 18.6. The Kier molecular flexibility index (Phi) is 6.97. The van der Waals surface area contributed by atoms with Crippen molar-refractivity contribution in [1.82, 2.24) is 10.6 Å². The van der Waals surface area contributed by atoms with Crippen LogP contribution in [0.5, 0.6) is 11.5 Å². The minimum absolute atomic E-state index is 0. The fourth-order valence-corrected chi connectivity index (χ4v) is 2.64. The predicted molar refractivity (Wildman–Crippen MR) is 88.9 cm³/mol. The van der Waals surface area contributed by atoms with Gasteiger partial charge in [-0.2, -0.15) is 0 Å². The number of benzene rings is 1. The summed E-state index contributed by atoms with van der Waals surface area (Å²) in [5.41, 5.74) is 0.683. The van der Waals surface area contributed by atoms with Crippen LogP contribution >= 0.6 is 12.4 Å². The fraction of sp³-hybridized carbons (Fsp3) is 0.562. The Morgan fingerprint density at radius 3 is 2.64 bits per heavy atom. The van der Waals surface area contributed by atoms with Crippen LogP contribution in [0.3, 0.4) is 0 Å². The van der Waals surface area contributed by atoms with Gasteiger partial charge in [-0.3, -0.25) is 4.79 Å². The molecule has 0 radical (unpaired) electrons. The van der Waals surface area contributed by atoms with Crippen LogP contribution in [-0.2, 0) is 11.3 Å². The first-order valence-corrected chi connectivity index (χ1v) is 7.29. The number of rotatable bonds is 5. The number of hydrogen-bond acceptors (Lipinski definition) is 4. The lowest BCUT2D eigenvalue weighted by Crippen LogP contribution is -2.48. The van der Waals surface area contributed by atoms with E-state index in [1.54, 1.807) is 14.2 Å². The summed E-state index contributed by atoms with van der Waals surface area (Å²) in [5.74, 6) is 1.47. The van der Waals surface area contributed by atoms with Crippen molar-refractivity contribution in [1.29, 1.82) is 0 Å². The second kappa shape index (κ2) is 8.25. The van der Waals surface area contributed by atoms with Gasteiger partial charge in [0.2, 0.25) is 5.91 Å². The highest BCUT2D eigenvalue weighted by Crippen LogP contribution is 2.28. The van der Waals surface area contributed by atoms with Crippen LogP contribution in [0.25, 0.3) is 0 Å². The number of amides is 1. The summed E-state index contributed by atoms with van der Waals surface area (Å²) in [7, 11) is 3.21. The largest absolute Gasteiger partial charge is 0.493 e. The first-order chi connectivity index (χ1) is 10.1. The van der Waals surface area contributed by atoms with E-state index in [1.807, 2.05) is 25.1 Å². The molecule has 0 spiro atoms. The van der Waals surface area contributed by atoms with E-state index < -0.39 is 0 Å². The minimum Gasteiger partial charge on any atom is -0.493 e. The maximum absolute atomic E-state index is 12.4. The van der Waals surface area contributed by atoms with Crippen molar-refractivity contribution in [2.45, 2.75) is 26.3 Å². The highest BCUT2D eigenvalue weighted by Gasteiger charge is 2.34. The van der Waals surface area contributed by atoms with E-state index in [1.165, 1.54) is 0 Å². The van der Waals surface area contributed by atoms with E-state index in [2.05, 4.69) is 10.6 Å². The maximum atomic E-state index is 12.4. The Morgan fingerprint density at radius 1 is 1.32 bits per heavy atom. The van der Waals surface area contributed by atoms with Gasteiger partial charge in [-0.1, -0.05) is 6.07 Å². The third kappa shape index (κ3) is 4.27.